The van der Waals surface area contributed by atoms with Crippen molar-refractivity contribution in [2.45, 2.75) is 12.5 Å². The summed E-state index contributed by atoms with van der Waals surface area (Å²) >= 11 is 0. The molecule has 1 fully saturated rings. The van der Waals surface area contributed by atoms with Crippen molar-refractivity contribution in [1.29, 1.82) is 0 Å². The van der Waals surface area contributed by atoms with E-state index in [2.05, 4.69) is 5.32 Å². The van der Waals surface area contributed by atoms with Crippen molar-refractivity contribution < 1.29 is 19.1 Å². The van der Waals surface area contributed by atoms with Gasteiger partial charge in [0.15, 0.2) is 0 Å². The topological polar surface area (TPSA) is 93.9 Å². The van der Waals surface area contributed by atoms with Gasteiger partial charge in [-0.1, -0.05) is 30.3 Å². The molecule has 28 heavy (non-hydrogen) atoms. The number of carbonyl (C=O) groups is 2. The number of carbonyl (C=O) groups excluding carboxylic acids is 2. The number of morpholine rings is 1. The SMILES string of the molecule is COc1ccc(C(=O)N2CCOCC2)cc1NC(=O)CC(N)c1ccccc1. The van der Waals surface area contributed by atoms with Gasteiger partial charge in [-0.25, -0.2) is 0 Å². The second-order valence-corrected chi connectivity index (χ2v) is 6.59. The van der Waals surface area contributed by atoms with Gasteiger partial charge in [0.25, 0.3) is 5.91 Å². The quantitative estimate of drug-likeness (QED) is 0.798. The van der Waals surface area contributed by atoms with E-state index in [4.69, 9.17) is 15.2 Å². The average molecular weight is 383 g/mol. The Labute approximate surface area is 164 Å². The highest BCUT2D eigenvalue weighted by molar-refractivity contribution is 5.98. The summed E-state index contributed by atoms with van der Waals surface area (Å²) in [5.41, 5.74) is 7.96. The number of hydrogen-bond acceptors (Lipinski definition) is 5. The zero-order valence-electron chi connectivity index (χ0n) is 15.9. The molecule has 1 aliphatic rings. The molecule has 1 atom stereocenters. The third-order valence-corrected chi connectivity index (χ3v) is 4.65. The zero-order valence-corrected chi connectivity index (χ0v) is 15.9. The van der Waals surface area contributed by atoms with Crippen molar-refractivity contribution in [1.82, 2.24) is 4.90 Å². The number of hydrogen-bond donors (Lipinski definition) is 2. The average Bonchev–Trinajstić information content (AvgIpc) is 2.74. The third kappa shape index (κ3) is 4.88. The molecule has 1 saturated heterocycles. The van der Waals surface area contributed by atoms with E-state index in [1.165, 1.54) is 7.11 Å². The van der Waals surface area contributed by atoms with Crippen LogP contribution in [-0.2, 0) is 9.53 Å². The minimum absolute atomic E-state index is 0.0950. The number of ether oxygens (including phenoxy) is 2. The lowest BCUT2D eigenvalue weighted by Crippen LogP contribution is -2.40. The van der Waals surface area contributed by atoms with Crippen molar-refractivity contribution in [2.24, 2.45) is 5.73 Å². The van der Waals surface area contributed by atoms with Gasteiger partial charge >= 0.3 is 0 Å². The molecule has 0 bridgehead atoms. The molecule has 2 aromatic rings. The summed E-state index contributed by atoms with van der Waals surface area (Å²) in [6.45, 7) is 2.17. The molecular weight excluding hydrogens is 358 g/mol. The highest BCUT2D eigenvalue weighted by Crippen LogP contribution is 2.27. The molecule has 0 aromatic heterocycles. The van der Waals surface area contributed by atoms with Gasteiger partial charge in [0.2, 0.25) is 5.91 Å². The maximum atomic E-state index is 12.7. The van der Waals surface area contributed by atoms with Gasteiger partial charge in [0.1, 0.15) is 5.75 Å². The maximum Gasteiger partial charge on any atom is 0.254 e. The molecule has 3 N–H and O–H groups in total. The van der Waals surface area contributed by atoms with E-state index in [9.17, 15) is 9.59 Å². The van der Waals surface area contributed by atoms with Crippen LogP contribution in [0.1, 0.15) is 28.4 Å². The third-order valence-electron chi connectivity index (χ3n) is 4.65. The van der Waals surface area contributed by atoms with Crippen molar-refractivity contribution in [3.63, 3.8) is 0 Å². The van der Waals surface area contributed by atoms with E-state index >= 15 is 0 Å². The first-order valence-corrected chi connectivity index (χ1v) is 9.24. The first-order valence-electron chi connectivity index (χ1n) is 9.24. The van der Waals surface area contributed by atoms with E-state index in [1.807, 2.05) is 30.3 Å². The van der Waals surface area contributed by atoms with Crippen molar-refractivity contribution in [3.8, 4) is 5.75 Å². The predicted octanol–water partition coefficient (Wildman–Crippen LogP) is 2.20. The fourth-order valence-electron chi connectivity index (χ4n) is 3.11. The molecule has 0 radical (unpaired) electrons. The Morgan fingerprint density at radius 1 is 1.18 bits per heavy atom. The summed E-state index contributed by atoms with van der Waals surface area (Å²) in [5, 5.41) is 2.82. The monoisotopic (exact) mass is 383 g/mol. The molecule has 1 unspecified atom stereocenters. The van der Waals surface area contributed by atoms with Crippen LogP contribution in [0.4, 0.5) is 5.69 Å². The number of nitrogens with one attached hydrogen (secondary N) is 1. The second kappa shape index (κ2) is 9.34. The summed E-state index contributed by atoms with van der Waals surface area (Å²) in [5.74, 6) is 0.147. The van der Waals surface area contributed by atoms with Gasteiger partial charge in [-0.15, -0.1) is 0 Å². The summed E-state index contributed by atoms with van der Waals surface area (Å²) in [6.07, 6.45) is 0.120. The van der Waals surface area contributed by atoms with Crippen LogP contribution in [0.15, 0.2) is 48.5 Å². The predicted molar refractivity (Wildman–Crippen MR) is 106 cm³/mol. The molecule has 3 rings (SSSR count). The molecule has 0 spiro atoms. The summed E-state index contributed by atoms with van der Waals surface area (Å²) in [6, 6.07) is 14.1. The number of nitrogens with zero attached hydrogens (tertiary/aromatic N) is 1. The van der Waals surface area contributed by atoms with Gasteiger partial charge in [0, 0.05) is 31.1 Å². The van der Waals surface area contributed by atoms with Gasteiger partial charge in [0.05, 0.1) is 26.0 Å². The highest BCUT2D eigenvalue weighted by Gasteiger charge is 2.20. The number of benzene rings is 2. The van der Waals surface area contributed by atoms with Crippen LogP contribution in [-0.4, -0.2) is 50.1 Å². The lowest BCUT2D eigenvalue weighted by atomic mass is 10.0. The Bertz CT molecular complexity index is 820. The Morgan fingerprint density at radius 3 is 2.57 bits per heavy atom. The molecule has 2 aromatic carbocycles. The van der Waals surface area contributed by atoms with E-state index in [-0.39, 0.29) is 18.2 Å². The van der Waals surface area contributed by atoms with Crippen LogP contribution >= 0.6 is 0 Å². The fourth-order valence-corrected chi connectivity index (χ4v) is 3.11. The number of amides is 2. The van der Waals surface area contributed by atoms with Crippen molar-refractivity contribution in [2.75, 3.05) is 38.7 Å². The highest BCUT2D eigenvalue weighted by atomic mass is 16.5. The molecule has 1 aliphatic heterocycles. The minimum atomic E-state index is -0.412. The number of methoxy groups -OCH3 is 1. The maximum absolute atomic E-state index is 12.7. The standard InChI is InChI=1S/C21H25N3O4/c1-27-19-8-7-16(21(26)24-9-11-28-12-10-24)13-18(19)23-20(25)14-17(22)15-5-3-2-4-6-15/h2-8,13,17H,9-12,14,22H2,1H3,(H,23,25). The largest absolute Gasteiger partial charge is 0.495 e. The van der Waals surface area contributed by atoms with E-state index in [0.717, 1.165) is 5.56 Å². The molecule has 7 heteroatoms. The van der Waals surface area contributed by atoms with E-state index in [1.54, 1.807) is 23.1 Å². The van der Waals surface area contributed by atoms with Gasteiger partial charge in [-0.05, 0) is 23.8 Å². The zero-order chi connectivity index (χ0) is 19.9. The molecule has 7 nitrogen and oxygen atoms in total. The molecule has 1 heterocycles. The Morgan fingerprint density at radius 2 is 1.89 bits per heavy atom. The Kier molecular flexibility index (Phi) is 6.62. The summed E-state index contributed by atoms with van der Waals surface area (Å²) in [4.78, 5) is 26.9. The molecule has 148 valence electrons. The van der Waals surface area contributed by atoms with E-state index in [0.29, 0.717) is 43.3 Å². The second-order valence-electron chi connectivity index (χ2n) is 6.59. The van der Waals surface area contributed by atoms with Crippen molar-refractivity contribution in [3.05, 3.63) is 59.7 Å². The lowest BCUT2D eigenvalue weighted by Gasteiger charge is -2.27. The molecule has 0 aliphatic carbocycles. The normalized spacial score (nSPS) is 15.0. The smallest absolute Gasteiger partial charge is 0.254 e. The molecule has 0 saturated carbocycles. The van der Waals surface area contributed by atoms with Gasteiger partial charge in [-0.2, -0.15) is 0 Å². The first-order chi connectivity index (χ1) is 13.6. The minimum Gasteiger partial charge on any atom is -0.495 e. The fraction of sp³-hybridized carbons (Fsp3) is 0.333. The number of nitrogens with two attached hydrogens (primary N) is 1. The molecular formula is C21H25N3O4. The van der Waals surface area contributed by atoms with Crippen LogP contribution in [0, 0.1) is 0 Å². The summed E-state index contributed by atoms with van der Waals surface area (Å²) < 4.78 is 10.6. The number of anilines is 1. The van der Waals surface area contributed by atoms with Crippen LogP contribution < -0.4 is 15.8 Å². The van der Waals surface area contributed by atoms with Gasteiger partial charge < -0.3 is 25.4 Å². The van der Waals surface area contributed by atoms with Crippen LogP contribution in [0.5, 0.6) is 5.75 Å². The van der Waals surface area contributed by atoms with E-state index < -0.39 is 6.04 Å². The summed E-state index contributed by atoms with van der Waals surface area (Å²) in [7, 11) is 1.52. The van der Waals surface area contributed by atoms with Gasteiger partial charge in [-0.3, -0.25) is 9.59 Å². The van der Waals surface area contributed by atoms with Crippen LogP contribution in [0.2, 0.25) is 0 Å². The number of rotatable bonds is 6. The Hall–Kier alpha value is -2.90. The van der Waals surface area contributed by atoms with Crippen LogP contribution in [0.3, 0.4) is 0 Å². The molecule has 2 amide bonds. The first kappa shape index (κ1) is 19.9. The van der Waals surface area contributed by atoms with Crippen molar-refractivity contribution >= 4 is 17.5 Å². The Balaban J connectivity index is 1.71. The van der Waals surface area contributed by atoms with Crippen LogP contribution in [0.25, 0.3) is 0 Å². The lowest BCUT2D eigenvalue weighted by molar-refractivity contribution is -0.116.